The van der Waals surface area contributed by atoms with Crippen molar-refractivity contribution >= 4 is 17.2 Å². The number of hydrogen-bond donors (Lipinski definition) is 0. The Morgan fingerprint density at radius 3 is 2.43 bits per heavy atom. The predicted octanol–water partition coefficient (Wildman–Crippen LogP) is 4.38. The minimum Gasteiger partial charge on any atom is -0.474 e. The molecule has 28 heavy (non-hydrogen) atoms. The van der Waals surface area contributed by atoms with Crippen molar-refractivity contribution in [1.82, 2.24) is 14.8 Å². The molecule has 2 aromatic heterocycles. The molecule has 0 N–H and O–H groups in total. The van der Waals surface area contributed by atoms with E-state index in [1.807, 2.05) is 28.9 Å². The highest BCUT2D eigenvalue weighted by molar-refractivity contribution is 7.17. The maximum Gasteiger partial charge on any atom is 0.227 e. The lowest BCUT2D eigenvalue weighted by Gasteiger charge is -2.24. The van der Waals surface area contributed by atoms with E-state index in [1.54, 1.807) is 24.0 Å². The Labute approximate surface area is 167 Å². The van der Waals surface area contributed by atoms with Crippen molar-refractivity contribution in [2.24, 2.45) is 4.99 Å². The van der Waals surface area contributed by atoms with Crippen LogP contribution in [0.5, 0.6) is 0 Å². The maximum absolute atomic E-state index is 6.11. The van der Waals surface area contributed by atoms with Crippen molar-refractivity contribution in [3.63, 3.8) is 0 Å². The second kappa shape index (κ2) is 7.05. The number of ether oxygens (including phenoxy) is 1. The second-order valence-electron chi connectivity index (χ2n) is 6.73. The van der Waals surface area contributed by atoms with Crippen molar-refractivity contribution in [3.05, 3.63) is 95.9 Å². The van der Waals surface area contributed by atoms with E-state index in [0.717, 1.165) is 10.4 Å². The molecule has 0 aliphatic carbocycles. The maximum atomic E-state index is 6.11. The molecule has 6 heteroatoms. The van der Waals surface area contributed by atoms with Gasteiger partial charge in [0.05, 0.1) is 11.4 Å². The van der Waals surface area contributed by atoms with Gasteiger partial charge >= 0.3 is 0 Å². The van der Waals surface area contributed by atoms with Gasteiger partial charge in [0.2, 0.25) is 5.90 Å². The van der Waals surface area contributed by atoms with Crippen molar-refractivity contribution in [2.75, 3.05) is 6.61 Å². The molecule has 1 aliphatic rings. The zero-order chi connectivity index (χ0) is 18.8. The Kier molecular flexibility index (Phi) is 4.25. The fraction of sp³-hybridized carbons (Fsp3) is 0.136. The molecular formula is C22H18N4OS. The number of nitrogens with zero attached hydrogens (tertiary/aromatic N) is 4. The molecule has 1 atom stereocenters. The molecule has 0 bridgehead atoms. The Morgan fingerprint density at radius 1 is 0.929 bits per heavy atom. The third kappa shape index (κ3) is 3.12. The molecule has 5 nitrogen and oxygen atoms in total. The summed E-state index contributed by atoms with van der Waals surface area (Å²) in [6.45, 7) is 1.06. The van der Waals surface area contributed by atoms with Crippen molar-refractivity contribution in [2.45, 2.75) is 12.1 Å². The smallest absolute Gasteiger partial charge is 0.227 e. The van der Waals surface area contributed by atoms with E-state index in [1.165, 1.54) is 10.4 Å². The molecule has 0 fully saturated rings. The van der Waals surface area contributed by atoms with E-state index in [-0.39, 0.29) is 0 Å². The number of rotatable bonds is 5. The van der Waals surface area contributed by atoms with E-state index in [2.05, 4.69) is 58.6 Å². The standard InChI is InChI=1S/C22H18N4OS/c1-3-7-17(8-4-1)19-11-12-20(28-19)21-25-22(14-27-21,13-26-16-23-15-24-26)18-9-5-2-6-10-18/h1-12,15-16H,13-14H2. The average Bonchev–Trinajstić information content (AvgIpc) is 3.51. The second-order valence-corrected chi connectivity index (χ2v) is 7.81. The van der Waals surface area contributed by atoms with E-state index in [4.69, 9.17) is 9.73 Å². The van der Waals surface area contributed by atoms with Gasteiger partial charge in [0.1, 0.15) is 24.8 Å². The fourth-order valence-corrected chi connectivity index (χ4v) is 4.39. The largest absolute Gasteiger partial charge is 0.474 e. The molecule has 5 rings (SSSR count). The van der Waals surface area contributed by atoms with Gasteiger partial charge in [0.15, 0.2) is 0 Å². The average molecular weight is 386 g/mol. The minimum atomic E-state index is -0.513. The molecule has 0 radical (unpaired) electrons. The van der Waals surface area contributed by atoms with Gasteiger partial charge in [-0.05, 0) is 23.3 Å². The van der Waals surface area contributed by atoms with Gasteiger partial charge in [-0.25, -0.2) is 9.98 Å². The molecular weight excluding hydrogens is 368 g/mol. The predicted molar refractivity (Wildman–Crippen MR) is 110 cm³/mol. The van der Waals surface area contributed by atoms with E-state index < -0.39 is 5.54 Å². The summed E-state index contributed by atoms with van der Waals surface area (Å²) in [6, 6.07) is 24.8. The number of aromatic nitrogens is 3. The topological polar surface area (TPSA) is 52.3 Å². The molecule has 0 spiro atoms. The van der Waals surface area contributed by atoms with Crippen LogP contribution in [0, 0.1) is 0 Å². The van der Waals surface area contributed by atoms with Gasteiger partial charge in [-0.3, -0.25) is 4.68 Å². The lowest BCUT2D eigenvalue weighted by Crippen LogP contribution is -2.31. The summed E-state index contributed by atoms with van der Waals surface area (Å²) in [4.78, 5) is 11.4. The Balaban J connectivity index is 1.52. The Hall–Kier alpha value is -3.25. The number of thiophene rings is 1. The quantitative estimate of drug-likeness (QED) is 0.511. The lowest BCUT2D eigenvalue weighted by molar-refractivity contribution is 0.230. The highest BCUT2D eigenvalue weighted by Gasteiger charge is 2.40. The summed E-state index contributed by atoms with van der Waals surface area (Å²) in [5.74, 6) is 0.691. The monoisotopic (exact) mass is 386 g/mol. The van der Waals surface area contributed by atoms with Crippen molar-refractivity contribution in [1.29, 1.82) is 0 Å². The summed E-state index contributed by atoms with van der Waals surface area (Å²) in [5, 5.41) is 4.28. The zero-order valence-corrected chi connectivity index (χ0v) is 15.9. The van der Waals surface area contributed by atoms with Gasteiger partial charge in [0, 0.05) is 4.88 Å². The third-order valence-electron chi connectivity index (χ3n) is 4.84. The summed E-state index contributed by atoms with van der Waals surface area (Å²) in [7, 11) is 0. The summed E-state index contributed by atoms with van der Waals surface area (Å²) < 4.78 is 7.92. The number of aliphatic imine (C=N–C) groups is 1. The third-order valence-corrected chi connectivity index (χ3v) is 5.96. The molecule has 1 unspecified atom stereocenters. The first-order valence-corrected chi connectivity index (χ1v) is 9.90. The van der Waals surface area contributed by atoms with Crippen LogP contribution >= 0.6 is 11.3 Å². The van der Waals surface area contributed by atoms with E-state index in [0.29, 0.717) is 19.0 Å². The first kappa shape index (κ1) is 16.9. The van der Waals surface area contributed by atoms with Gasteiger partial charge in [-0.1, -0.05) is 60.7 Å². The summed E-state index contributed by atoms with van der Waals surface area (Å²) in [5.41, 5.74) is 1.80. The first-order chi connectivity index (χ1) is 13.8. The van der Waals surface area contributed by atoms with Gasteiger partial charge in [0.25, 0.3) is 0 Å². The van der Waals surface area contributed by atoms with Crippen molar-refractivity contribution in [3.8, 4) is 10.4 Å². The fourth-order valence-electron chi connectivity index (χ4n) is 3.43. The van der Waals surface area contributed by atoms with Gasteiger partial charge in [-0.15, -0.1) is 11.3 Å². The molecule has 0 saturated carbocycles. The zero-order valence-electron chi connectivity index (χ0n) is 15.1. The number of hydrogen-bond acceptors (Lipinski definition) is 5. The molecule has 4 aromatic rings. The van der Waals surface area contributed by atoms with Crippen LogP contribution in [-0.4, -0.2) is 27.3 Å². The van der Waals surface area contributed by atoms with Crippen LogP contribution in [-0.2, 0) is 16.8 Å². The van der Waals surface area contributed by atoms with Crippen LogP contribution in [0.2, 0.25) is 0 Å². The van der Waals surface area contributed by atoms with E-state index in [9.17, 15) is 0 Å². The number of benzene rings is 2. The molecule has 3 heterocycles. The molecule has 2 aromatic carbocycles. The van der Waals surface area contributed by atoms with Crippen LogP contribution in [0.1, 0.15) is 10.4 Å². The Morgan fingerprint density at radius 2 is 1.68 bits per heavy atom. The summed E-state index contributed by atoms with van der Waals surface area (Å²) >= 11 is 1.70. The van der Waals surface area contributed by atoms with Crippen LogP contribution in [0.4, 0.5) is 0 Å². The normalized spacial score (nSPS) is 18.6. The van der Waals surface area contributed by atoms with Crippen molar-refractivity contribution < 1.29 is 4.74 Å². The molecule has 1 aliphatic heterocycles. The minimum absolute atomic E-state index is 0.477. The first-order valence-electron chi connectivity index (χ1n) is 9.09. The Bertz CT molecular complexity index is 1090. The highest BCUT2D eigenvalue weighted by atomic mass is 32.1. The molecule has 138 valence electrons. The SMILES string of the molecule is c1ccc(-c2ccc(C3=NC(Cn4cncn4)(c4ccccc4)CO3)s2)cc1. The van der Waals surface area contributed by atoms with Crippen LogP contribution in [0.15, 0.2) is 90.4 Å². The lowest BCUT2D eigenvalue weighted by atomic mass is 9.92. The van der Waals surface area contributed by atoms with Gasteiger partial charge < -0.3 is 4.74 Å². The van der Waals surface area contributed by atoms with Crippen LogP contribution < -0.4 is 0 Å². The molecule has 0 amide bonds. The van der Waals surface area contributed by atoms with E-state index >= 15 is 0 Å². The van der Waals surface area contributed by atoms with Crippen LogP contribution in [0.3, 0.4) is 0 Å². The van der Waals surface area contributed by atoms with Gasteiger partial charge in [-0.2, -0.15) is 5.10 Å². The highest BCUT2D eigenvalue weighted by Crippen LogP contribution is 2.36. The summed E-state index contributed by atoms with van der Waals surface area (Å²) in [6.07, 6.45) is 3.27. The van der Waals surface area contributed by atoms with Crippen LogP contribution in [0.25, 0.3) is 10.4 Å². The molecule has 0 saturated heterocycles.